The molecule has 1 rings (SSSR count). The first-order valence-electron chi connectivity index (χ1n) is 7.22. The van der Waals surface area contributed by atoms with E-state index < -0.39 is 27.8 Å². The molecule has 0 aliphatic carbocycles. The van der Waals surface area contributed by atoms with Crippen LogP contribution in [0.3, 0.4) is 0 Å². The van der Waals surface area contributed by atoms with Gasteiger partial charge >= 0.3 is 0 Å². The normalized spacial score (nSPS) is 15.5. The predicted octanol–water partition coefficient (Wildman–Crippen LogP) is 1.53. The number of rotatable bonds is 9. The van der Waals surface area contributed by atoms with Crippen molar-refractivity contribution in [2.24, 2.45) is 5.92 Å². The Morgan fingerprint density at radius 3 is 2.58 bits per heavy atom. The van der Waals surface area contributed by atoms with Gasteiger partial charge in [-0.15, -0.1) is 5.73 Å². The van der Waals surface area contributed by atoms with Gasteiger partial charge in [-0.2, -0.15) is 0 Å². The zero-order valence-corrected chi connectivity index (χ0v) is 14.4. The highest BCUT2D eigenvalue weighted by Crippen LogP contribution is 2.35. The first kappa shape index (κ1) is 20.1. The van der Waals surface area contributed by atoms with Crippen molar-refractivity contribution in [3.63, 3.8) is 0 Å². The molecule has 1 aromatic rings. The second-order valence-corrected chi connectivity index (χ2v) is 6.26. The minimum absolute atomic E-state index is 0.133. The van der Waals surface area contributed by atoms with Crippen LogP contribution < -0.4 is 15.5 Å². The lowest BCUT2D eigenvalue weighted by atomic mass is 9.90. The third-order valence-electron chi connectivity index (χ3n) is 3.72. The molecule has 24 heavy (non-hydrogen) atoms. The zero-order valence-electron chi connectivity index (χ0n) is 13.6. The molecule has 3 atom stereocenters. The molecule has 4 N–H and O–H groups in total. The van der Waals surface area contributed by atoms with Crippen molar-refractivity contribution < 1.29 is 23.5 Å². The van der Waals surface area contributed by atoms with Crippen LogP contribution in [0.25, 0.3) is 0 Å². The molecule has 0 spiro atoms. The Bertz CT molecular complexity index is 628. The SMILES string of the molecule is C=C=CCOc1ccc(C(NC)(C(C)CC(=O)NO)S(=O)O)cc1. The van der Waals surface area contributed by atoms with Crippen molar-refractivity contribution >= 4 is 17.0 Å². The van der Waals surface area contributed by atoms with Crippen LogP contribution in [0, 0.1) is 5.92 Å². The summed E-state index contributed by atoms with van der Waals surface area (Å²) in [5.74, 6) is -0.626. The molecular weight excluding hydrogens is 332 g/mol. The van der Waals surface area contributed by atoms with Crippen LogP contribution >= 0.6 is 0 Å². The average Bonchev–Trinajstić information content (AvgIpc) is 2.57. The lowest BCUT2D eigenvalue weighted by Crippen LogP contribution is -2.50. The first-order chi connectivity index (χ1) is 11.4. The van der Waals surface area contributed by atoms with Gasteiger partial charge in [-0.1, -0.05) is 25.6 Å². The smallest absolute Gasteiger partial charge is 0.243 e. The van der Waals surface area contributed by atoms with E-state index in [2.05, 4.69) is 17.6 Å². The Morgan fingerprint density at radius 1 is 1.50 bits per heavy atom. The number of nitrogens with one attached hydrogen (secondary N) is 2. The highest BCUT2D eigenvalue weighted by Gasteiger charge is 2.43. The summed E-state index contributed by atoms with van der Waals surface area (Å²) in [7, 11) is 1.54. The molecule has 3 unspecified atom stereocenters. The molecule has 0 saturated heterocycles. The molecule has 1 amide bonds. The van der Waals surface area contributed by atoms with Gasteiger partial charge in [0.2, 0.25) is 5.91 Å². The van der Waals surface area contributed by atoms with Crippen LogP contribution in [0.15, 0.2) is 42.7 Å². The van der Waals surface area contributed by atoms with Crippen molar-refractivity contribution in [3.05, 3.63) is 48.2 Å². The molecule has 0 radical (unpaired) electrons. The Kier molecular flexibility index (Phi) is 7.84. The number of carbonyl (C=O) groups excluding carboxylic acids is 1. The molecule has 0 fully saturated rings. The summed E-state index contributed by atoms with van der Waals surface area (Å²) in [5, 5.41) is 11.5. The molecule has 0 aliphatic heterocycles. The summed E-state index contributed by atoms with van der Waals surface area (Å²) >= 11 is -2.31. The van der Waals surface area contributed by atoms with Gasteiger partial charge in [0.1, 0.15) is 17.2 Å². The van der Waals surface area contributed by atoms with Gasteiger partial charge in [-0.3, -0.25) is 15.3 Å². The van der Waals surface area contributed by atoms with E-state index in [-0.39, 0.29) is 6.42 Å². The van der Waals surface area contributed by atoms with Crippen molar-refractivity contribution in [2.75, 3.05) is 13.7 Å². The average molecular weight is 354 g/mol. The van der Waals surface area contributed by atoms with E-state index in [1.165, 1.54) is 5.48 Å². The van der Waals surface area contributed by atoms with Crippen LogP contribution in [0.1, 0.15) is 18.9 Å². The standard InChI is InChI=1S/C16H22N2O5S/c1-4-5-10-23-14-8-6-13(7-9-14)16(17-3,24(21)22)12(2)11-15(19)18-20/h5-9,12,17,20H,1,10-11H2,2-3H3,(H,18,19)(H,21,22). The van der Waals surface area contributed by atoms with E-state index in [0.29, 0.717) is 17.9 Å². The molecule has 0 aliphatic rings. The monoisotopic (exact) mass is 354 g/mol. The minimum Gasteiger partial charge on any atom is -0.489 e. The first-order valence-corrected chi connectivity index (χ1v) is 8.33. The van der Waals surface area contributed by atoms with Crippen LogP contribution in [-0.2, 0) is 20.7 Å². The Morgan fingerprint density at radius 2 is 2.12 bits per heavy atom. The quantitative estimate of drug-likeness (QED) is 0.232. The van der Waals surface area contributed by atoms with Gasteiger partial charge in [0, 0.05) is 12.3 Å². The number of hydrogen-bond donors (Lipinski definition) is 4. The molecule has 0 heterocycles. The van der Waals surface area contributed by atoms with Crippen molar-refractivity contribution in [2.45, 2.75) is 18.2 Å². The zero-order chi connectivity index (χ0) is 18.2. The molecule has 1 aromatic carbocycles. The molecule has 0 saturated carbocycles. The summed E-state index contributed by atoms with van der Waals surface area (Å²) in [5.41, 5.74) is 4.66. The van der Waals surface area contributed by atoms with E-state index in [9.17, 15) is 13.6 Å². The lowest BCUT2D eigenvalue weighted by molar-refractivity contribution is -0.130. The van der Waals surface area contributed by atoms with E-state index in [4.69, 9.17) is 9.94 Å². The van der Waals surface area contributed by atoms with E-state index in [1.807, 2.05) is 0 Å². The van der Waals surface area contributed by atoms with Crippen molar-refractivity contribution in [3.8, 4) is 5.75 Å². The van der Waals surface area contributed by atoms with Gasteiger partial charge in [0.25, 0.3) is 0 Å². The van der Waals surface area contributed by atoms with Gasteiger partial charge in [-0.25, -0.2) is 9.69 Å². The molecule has 7 nitrogen and oxygen atoms in total. The van der Waals surface area contributed by atoms with E-state index >= 15 is 0 Å². The highest BCUT2D eigenvalue weighted by molar-refractivity contribution is 7.80. The Hall–Kier alpha value is -1.96. The van der Waals surface area contributed by atoms with Gasteiger partial charge in [-0.05, 0) is 30.8 Å². The van der Waals surface area contributed by atoms with E-state index in [0.717, 1.165) is 0 Å². The predicted molar refractivity (Wildman–Crippen MR) is 90.9 cm³/mol. The highest BCUT2D eigenvalue weighted by atomic mass is 32.2. The molecular formula is C16H22N2O5S. The fraction of sp³-hybridized carbons (Fsp3) is 0.375. The van der Waals surface area contributed by atoms with Gasteiger partial charge in [0.05, 0.1) is 0 Å². The number of ether oxygens (including phenoxy) is 1. The van der Waals surface area contributed by atoms with Crippen LogP contribution in [0.4, 0.5) is 0 Å². The number of benzene rings is 1. The maximum Gasteiger partial charge on any atom is 0.243 e. The maximum absolute atomic E-state index is 12.1. The summed E-state index contributed by atoms with van der Waals surface area (Å²) in [4.78, 5) is 10.1. The molecule has 132 valence electrons. The van der Waals surface area contributed by atoms with E-state index in [1.54, 1.807) is 44.3 Å². The van der Waals surface area contributed by atoms with Crippen LogP contribution in [0.5, 0.6) is 5.75 Å². The summed E-state index contributed by atoms with van der Waals surface area (Å²) in [6, 6.07) is 6.66. The minimum atomic E-state index is -2.31. The Labute approximate surface area is 143 Å². The Balaban J connectivity index is 3.13. The number of hydrogen-bond acceptors (Lipinski definition) is 5. The molecule has 0 bridgehead atoms. The molecule has 8 heteroatoms. The summed E-state index contributed by atoms with van der Waals surface area (Å²) < 4.78 is 27.4. The fourth-order valence-corrected chi connectivity index (χ4v) is 3.44. The van der Waals surface area contributed by atoms with Gasteiger partial charge < -0.3 is 9.29 Å². The van der Waals surface area contributed by atoms with Crippen LogP contribution in [-0.4, -0.2) is 33.5 Å². The fourth-order valence-electron chi connectivity index (χ4n) is 2.50. The lowest BCUT2D eigenvalue weighted by Gasteiger charge is -2.35. The third kappa shape index (κ3) is 4.53. The maximum atomic E-state index is 12.1. The largest absolute Gasteiger partial charge is 0.489 e. The van der Waals surface area contributed by atoms with Crippen LogP contribution in [0.2, 0.25) is 0 Å². The number of carbonyl (C=O) groups is 1. The van der Waals surface area contributed by atoms with Gasteiger partial charge in [0.15, 0.2) is 11.1 Å². The summed E-state index contributed by atoms with van der Waals surface area (Å²) in [6.45, 7) is 5.41. The second kappa shape index (κ2) is 9.36. The molecule has 0 aromatic heterocycles. The number of hydroxylamine groups is 1. The second-order valence-electron chi connectivity index (χ2n) is 5.12. The number of amides is 1. The third-order valence-corrected chi connectivity index (χ3v) is 5.11. The summed E-state index contributed by atoms with van der Waals surface area (Å²) in [6.07, 6.45) is 1.50. The topological polar surface area (TPSA) is 108 Å². The van der Waals surface area contributed by atoms with Crippen molar-refractivity contribution in [1.29, 1.82) is 0 Å². The van der Waals surface area contributed by atoms with Crippen molar-refractivity contribution in [1.82, 2.24) is 10.8 Å².